The Morgan fingerprint density at radius 1 is 0.978 bits per heavy atom. The Bertz CT molecular complexity index is 1500. The number of carbonyl (C=O) groups excluding carboxylic acids is 1. The summed E-state index contributed by atoms with van der Waals surface area (Å²) >= 11 is 0. The van der Waals surface area contributed by atoms with Crippen molar-refractivity contribution in [2.24, 2.45) is 0 Å². The van der Waals surface area contributed by atoms with E-state index in [-0.39, 0.29) is 24.3 Å². The Morgan fingerprint density at radius 3 is 2.15 bits per heavy atom. The number of carbonyl (C=O) groups is 5. The molecule has 0 bridgehead atoms. The van der Waals surface area contributed by atoms with Crippen LogP contribution in [0.3, 0.4) is 0 Å². The number of aliphatic hydroxyl groups is 1. The molecule has 1 fully saturated rings. The van der Waals surface area contributed by atoms with Gasteiger partial charge < -0.3 is 45.8 Å². The van der Waals surface area contributed by atoms with Crippen LogP contribution in [0, 0.1) is 12.7 Å². The first kappa shape index (κ1) is 37.0. The zero-order valence-electron chi connectivity index (χ0n) is 25.0. The van der Waals surface area contributed by atoms with Gasteiger partial charge >= 0.3 is 23.9 Å². The number of pyridine rings is 1. The molecule has 0 spiro atoms. The molecule has 46 heavy (non-hydrogen) atoms. The maximum absolute atomic E-state index is 13.7. The maximum atomic E-state index is 13.7. The summed E-state index contributed by atoms with van der Waals surface area (Å²) in [5, 5.41) is 47.5. The number of hydrogen-bond acceptors (Lipinski definition) is 10. The highest BCUT2D eigenvalue weighted by molar-refractivity contribution is 6.27. The molecule has 0 aliphatic carbocycles. The minimum Gasteiger partial charge on any atom is -0.497 e. The van der Waals surface area contributed by atoms with Crippen molar-refractivity contribution in [1.29, 1.82) is 0 Å². The molecule has 248 valence electrons. The van der Waals surface area contributed by atoms with Crippen LogP contribution in [0.5, 0.6) is 5.75 Å². The molecule has 0 radical (unpaired) electrons. The van der Waals surface area contributed by atoms with E-state index in [1.54, 1.807) is 32.4 Å². The molecular formula is C30H35FN4O11. The molecule has 7 N–H and O–H groups in total. The Labute approximate surface area is 262 Å². The molecule has 1 amide bonds. The van der Waals surface area contributed by atoms with Crippen molar-refractivity contribution in [3.8, 4) is 5.75 Å². The fraction of sp³-hybridized carbons (Fsp3) is 0.333. The highest BCUT2D eigenvalue weighted by atomic mass is 19.1. The molecule has 3 aromatic rings. The number of aliphatic carboxylic acids is 4. The Balaban J connectivity index is 0.000000522. The zero-order valence-corrected chi connectivity index (χ0v) is 25.0. The number of halogens is 1. The van der Waals surface area contributed by atoms with Gasteiger partial charge in [0, 0.05) is 35.4 Å². The monoisotopic (exact) mass is 646 g/mol. The number of ether oxygens (including phenoxy) is 1. The number of aliphatic hydroxyl groups excluding tert-OH is 1. The van der Waals surface area contributed by atoms with E-state index in [9.17, 15) is 14.3 Å². The smallest absolute Gasteiger partial charge is 0.414 e. The van der Waals surface area contributed by atoms with Gasteiger partial charge in [0.1, 0.15) is 11.6 Å². The lowest BCUT2D eigenvalue weighted by molar-refractivity contribution is -0.159. The van der Waals surface area contributed by atoms with Crippen molar-refractivity contribution in [1.82, 2.24) is 15.2 Å². The normalized spacial score (nSPS) is 13.7. The molecule has 1 aliphatic heterocycles. The SMILES string of the molecule is COc1ccc2nccc([C@@H](O)CN3CCC(NCC(=O)Nc4cccc(F)c4C)CC3)c2c1.O=C(O)C(=O)O.O=C(O)C(=O)O. The summed E-state index contributed by atoms with van der Waals surface area (Å²) in [6.45, 7) is 4.00. The molecule has 1 aromatic heterocycles. The van der Waals surface area contributed by atoms with E-state index in [4.69, 9.17) is 44.3 Å². The minimum atomic E-state index is -1.82. The van der Waals surface area contributed by atoms with E-state index in [2.05, 4.69) is 20.5 Å². The third kappa shape index (κ3) is 11.7. The van der Waals surface area contributed by atoms with Crippen molar-refractivity contribution in [2.75, 3.05) is 38.6 Å². The topological polar surface area (TPSA) is 236 Å². The Hall–Kier alpha value is -5.19. The zero-order chi connectivity index (χ0) is 34.4. The highest BCUT2D eigenvalue weighted by Gasteiger charge is 2.23. The Morgan fingerprint density at radius 2 is 1.59 bits per heavy atom. The van der Waals surface area contributed by atoms with Crippen LogP contribution in [0.2, 0.25) is 0 Å². The number of methoxy groups -OCH3 is 1. The molecular weight excluding hydrogens is 611 g/mol. The van der Waals surface area contributed by atoms with Gasteiger partial charge in [0.15, 0.2) is 0 Å². The van der Waals surface area contributed by atoms with E-state index in [1.807, 2.05) is 24.3 Å². The van der Waals surface area contributed by atoms with Gasteiger partial charge in [-0.3, -0.25) is 9.78 Å². The van der Waals surface area contributed by atoms with Crippen LogP contribution in [0.1, 0.15) is 30.1 Å². The lowest BCUT2D eigenvalue weighted by Crippen LogP contribution is -2.45. The fourth-order valence-electron chi connectivity index (χ4n) is 4.40. The fourth-order valence-corrected chi connectivity index (χ4v) is 4.40. The number of nitrogens with zero attached hydrogens (tertiary/aromatic N) is 2. The van der Waals surface area contributed by atoms with Gasteiger partial charge in [-0.15, -0.1) is 0 Å². The number of fused-ring (bicyclic) bond motifs is 1. The first-order valence-electron chi connectivity index (χ1n) is 13.8. The van der Waals surface area contributed by atoms with Crippen LogP contribution in [0.25, 0.3) is 10.9 Å². The first-order valence-corrected chi connectivity index (χ1v) is 13.8. The quantitative estimate of drug-likeness (QED) is 0.173. The van der Waals surface area contributed by atoms with Gasteiger partial charge in [-0.2, -0.15) is 0 Å². The van der Waals surface area contributed by atoms with Gasteiger partial charge in [-0.1, -0.05) is 6.07 Å². The van der Waals surface area contributed by atoms with E-state index in [1.165, 1.54) is 6.07 Å². The third-order valence-electron chi connectivity index (χ3n) is 6.82. The number of benzene rings is 2. The predicted octanol–water partition coefficient (Wildman–Crippen LogP) is 1.73. The summed E-state index contributed by atoms with van der Waals surface area (Å²) < 4.78 is 19.0. The van der Waals surface area contributed by atoms with Crippen LogP contribution in [-0.4, -0.2) is 105 Å². The molecule has 2 aromatic carbocycles. The van der Waals surface area contributed by atoms with E-state index in [0.717, 1.165) is 48.1 Å². The van der Waals surface area contributed by atoms with E-state index >= 15 is 0 Å². The van der Waals surface area contributed by atoms with Crippen molar-refractivity contribution in [3.05, 3.63) is 65.6 Å². The van der Waals surface area contributed by atoms with Crippen LogP contribution < -0.4 is 15.4 Å². The van der Waals surface area contributed by atoms with E-state index in [0.29, 0.717) is 17.8 Å². The van der Waals surface area contributed by atoms with Gasteiger partial charge in [0.2, 0.25) is 5.91 Å². The molecule has 1 saturated heterocycles. The summed E-state index contributed by atoms with van der Waals surface area (Å²) in [5.74, 6) is -7.09. The number of likely N-dealkylation sites (tertiary alicyclic amines) is 1. The number of aromatic nitrogens is 1. The number of piperidine rings is 1. The summed E-state index contributed by atoms with van der Waals surface area (Å²) in [7, 11) is 1.62. The van der Waals surface area contributed by atoms with Gasteiger partial charge in [-0.25, -0.2) is 23.6 Å². The van der Waals surface area contributed by atoms with Gasteiger partial charge in [0.25, 0.3) is 0 Å². The lowest BCUT2D eigenvalue weighted by atomic mass is 10.0. The second kappa shape index (κ2) is 17.9. The van der Waals surface area contributed by atoms with Crippen LogP contribution in [-0.2, 0) is 24.0 Å². The average molecular weight is 647 g/mol. The molecule has 1 atom stereocenters. The van der Waals surface area contributed by atoms with Gasteiger partial charge in [-0.05, 0) is 74.8 Å². The predicted molar refractivity (Wildman–Crippen MR) is 161 cm³/mol. The van der Waals surface area contributed by atoms with Crippen molar-refractivity contribution in [3.63, 3.8) is 0 Å². The summed E-state index contributed by atoms with van der Waals surface area (Å²) in [5.41, 5.74) is 2.60. The van der Waals surface area contributed by atoms with Crippen LogP contribution >= 0.6 is 0 Å². The van der Waals surface area contributed by atoms with Crippen LogP contribution in [0.15, 0.2) is 48.7 Å². The average Bonchev–Trinajstić information content (AvgIpc) is 3.02. The number of rotatable bonds is 8. The molecule has 4 rings (SSSR count). The van der Waals surface area contributed by atoms with E-state index < -0.39 is 30.0 Å². The molecule has 2 heterocycles. The Kier molecular flexibility index (Phi) is 14.4. The van der Waals surface area contributed by atoms with Crippen LogP contribution in [0.4, 0.5) is 10.1 Å². The number of hydrogen-bond donors (Lipinski definition) is 7. The number of anilines is 1. The number of nitrogens with one attached hydrogen (secondary N) is 2. The first-order chi connectivity index (χ1) is 21.7. The highest BCUT2D eigenvalue weighted by Crippen LogP contribution is 2.28. The molecule has 0 saturated carbocycles. The number of β-amino-alcohol motifs (C(OH)–C–C–N with tert-alkyl or cyclic N) is 1. The third-order valence-corrected chi connectivity index (χ3v) is 6.82. The summed E-state index contributed by atoms with van der Waals surface area (Å²) in [4.78, 5) is 55.3. The number of amides is 1. The standard InChI is InChI=1S/C26H31FN4O3.2C2H2O4/c1-17-22(27)4-3-5-23(17)30-26(33)15-29-18-9-12-31(13-10-18)16-25(32)20-8-11-28-24-7-6-19(34-2)14-21(20)24;2*3-1(4)2(5)6/h3-8,11,14,18,25,29,32H,9-10,12-13,15-16H2,1-2H3,(H,30,33);2*(H,3,4)(H,5,6)/t25-;;/m0../s1. The minimum absolute atomic E-state index is 0.175. The largest absolute Gasteiger partial charge is 0.497 e. The lowest BCUT2D eigenvalue weighted by Gasteiger charge is -2.33. The molecule has 16 heteroatoms. The van der Waals surface area contributed by atoms with Crippen molar-refractivity contribution < 1.29 is 58.6 Å². The summed E-state index contributed by atoms with van der Waals surface area (Å²) in [6, 6.07) is 12.4. The molecule has 0 unspecified atom stereocenters. The number of carboxylic acid groups (broad SMARTS) is 4. The maximum Gasteiger partial charge on any atom is 0.414 e. The summed E-state index contributed by atoms with van der Waals surface area (Å²) in [6.07, 6.45) is 2.84. The van der Waals surface area contributed by atoms with Gasteiger partial charge in [0.05, 0.1) is 25.3 Å². The molecule has 15 nitrogen and oxygen atoms in total. The van der Waals surface area contributed by atoms with Crippen molar-refractivity contribution in [2.45, 2.75) is 31.9 Å². The number of carboxylic acids is 4. The second-order valence-corrected chi connectivity index (χ2v) is 9.94. The van der Waals surface area contributed by atoms with Crippen molar-refractivity contribution >= 4 is 46.4 Å². The second-order valence-electron chi connectivity index (χ2n) is 9.94. The molecule has 1 aliphatic rings.